The third kappa shape index (κ3) is 26.7. The molecule has 0 aliphatic rings. The van der Waals surface area contributed by atoms with Gasteiger partial charge in [0.05, 0.1) is 69.9 Å². The third-order valence-electron chi connectivity index (χ3n) is 7.34. The Labute approximate surface area is 275 Å². The van der Waals surface area contributed by atoms with Gasteiger partial charge in [0, 0.05) is 48.2 Å². The van der Waals surface area contributed by atoms with E-state index in [1.807, 2.05) is 0 Å². The molecule has 0 aromatic carbocycles. The number of rotatable bonds is 14. The molecule has 0 bridgehead atoms. The first kappa shape index (κ1) is 53.0. The minimum atomic E-state index is -0.114. The van der Waals surface area contributed by atoms with E-state index in [0.29, 0.717) is 0 Å². The predicted octanol–water partition coefficient (Wildman–Crippen LogP) is 9.98. The maximum atomic E-state index is 4.08. The second-order valence-electron chi connectivity index (χ2n) is 12.5. The van der Waals surface area contributed by atoms with E-state index in [1.54, 1.807) is 30.9 Å². The van der Waals surface area contributed by atoms with Crippen LogP contribution in [0.5, 0.6) is 0 Å². The van der Waals surface area contributed by atoms with E-state index < -0.39 is 0 Å². The Morgan fingerprint density at radius 1 is 0.351 bits per heavy atom. The minimum absolute atomic E-state index is 0. The fraction of sp³-hybridized carbons (Fsp3) is 1.00. The molecule has 0 radical (unpaired) electrons. The van der Waals surface area contributed by atoms with Crippen molar-refractivity contribution in [3.8, 4) is 0 Å². The van der Waals surface area contributed by atoms with E-state index in [1.165, 1.54) is 0 Å². The van der Waals surface area contributed by atoms with Crippen molar-refractivity contribution in [1.82, 2.24) is 0 Å². The second-order valence-corrected chi connectivity index (χ2v) is 28.4. The van der Waals surface area contributed by atoms with Gasteiger partial charge in [-0.1, -0.05) is 0 Å². The number of hydrogen-bond donors (Lipinski definition) is 0. The van der Waals surface area contributed by atoms with Crippen molar-refractivity contribution in [2.24, 2.45) is 0 Å². The molecule has 0 saturated carbocycles. The average Bonchev–Trinajstić information content (AvgIpc) is 2.68. The summed E-state index contributed by atoms with van der Waals surface area (Å²) >= 11 is 4.08. The molecule has 0 spiro atoms. The Balaban J connectivity index is -0.000000113. The zero-order valence-electron chi connectivity index (χ0n) is 27.9. The first-order valence-corrected chi connectivity index (χ1v) is 22.6. The molecule has 0 nitrogen and oxygen atoms in total. The Hall–Kier alpha value is 3.41. The van der Waals surface area contributed by atoms with Crippen molar-refractivity contribution >= 4 is 57.8 Å². The van der Waals surface area contributed by atoms with Crippen LogP contribution in [-0.4, -0.2) is 76.2 Å². The molecule has 0 heterocycles. The zero-order valence-corrected chi connectivity index (χ0v) is 35.6. The van der Waals surface area contributed by atoms with Crippen LogP contribution < -0.4 is 0 Å². The molecule has 236 valence electrons. The van der Waals surface area contributed by atoms with Crippen LogP contribution >= 0.6 is 31.7 Å². The van der Waals surface area contributed by atoms with Gasteiger partial charge in [-0.2, -0.15) is 6.26 Å². The molecule has 0 atom stereocenters. The third-order valence-corrected chi connectivity index (χ3v) is 23.5. The topological polar surface area (TPSA) is 0 Å². The summed E-state index contributed by atoms with van der Waals surface area (Å²) in [5, 5.41) is 0. The summed E-state index contributed by atoms with van der Waals surface area (Å²) in [5.41, 5.74) is 7.61. The standard InChI is InChI=1S/2C14H32P2.CH4S.2Ni.H2S/c2*1-11(2)15(12(3)4)9-10-16(13(5)6)14(7)8;1-2;;;/h2*11-14H,9-10H2,1-8H3;2H,1H3;;;1H2/q;;;;+2;/p+2. The zero-order chi connectivity index (χ0) is 27.8. The molecule has 0 aromatic heterocycles. The first-order valence-electron chi connectivity index (χ1n) is 14.4. The molecule has 37 heavy (non-hydrogen) atoms. The van der Waals surface area contributed by atoms with Crippen LogP contribution in [0.4, 0.5) is 0 Å². The molecule has 0 saturated heterocycles. The van der Waals surface area contributed by atoms with E-state index in [9.17, 15) is 0 Å². The molecule has 0 unspecified atom stereocenters. The molecule has 0 aromatic rings. The maximum Gasteiger partial charge on any atom is 2.00 e. The van der Waals surface area contributed by atoms with Gasteiger partial charge in [0.15, 0.2) is 0 Å². The van der Waals surface area contributed by atoms with Crippen molar-refractivity contribution in [3.63, 3.8) is 0 Å². The summed E-state index contributed by atoms with van der Waals surface area (Å²) in [4.78, 5) is 0. The minimum Gasteiger partial charge on any atom is -0.813 e. The van der Waals surface area contributed by atoms with Gasteiger partial charge in [-0.05, 0) is 111 Å². The van der Waals surface area contributed by atoms with E-state index in [0.717, 1.165) is 45.3 Å². The summed E-state index contributed by atoms with van der Waals surface area (Å²) in [6.45, 7) is 39.0. The summed E-state index contributed by atoms with van der Waals surface area (Å²) < 4.78 is 0. The van der Waals surface area contributed by atoms with Crippen LogP contribution in [0.3, 0.4) is 0 Å². The number of hydrogen-bond acceptors (Lipinski definition) is 2. The molecule has 0 rings (SSSR count). The van der Waals surface area contributed by atoms with Gasteiger partial charge in [-0.25, -0.2) is 0 Å². The summed E-state index contributed by atoms with van der Waals surface area (Å²) in [6.07, 6.45) is 7.82. The van der Waals surface area contributed by atoms with E-state index in [4.69, 9.17) is 0 Å². The Morgan fingerprint density at radius 2 is 0.432 bits per heavy atom. The fourth-order valence-electron chi connectivity index (χ4n) is 5.55. The van der Waals surface area contributed by atoms with Crippen molar-refractivity contribution in [2.45, 2.75) is 156 Å². The average molecular weight is 726 g/mol. The molecule has 0 aliphatic heterocycles. The van der Waals surface area contributed by atoms with Gasteiger partial charge in [0.1, 0.15) is 0 Å². The van der Waals surface area contributed by atoms with Gasteiger partial charge in [0.2, 0.25) is 0 Å². The van der Waals surface area contributed by atoms with Crippen molar-refractivity contribution < 1.29 is 33.0 Å². The summed E-state index contributed by atoms with van der Waals surface area (Å²) in [5.74, 6) is 0. The normalized spacial score (nSPS) is 11.5. The molecule has 0 amide bonds. The van der Waals surface area contributed by atoms with Crippen LogP contribution in [0, 0.1) is 0 Å². The van der Waals surface area contributed by atoms with Crippen molar-refractivity contribution in [3.05, 3.63) is 0 Å². The van der Waals surface area contributed by atoms with E-state index in [-0.39, 0.29) is 78.2 Å². The summed E-state index contributed by atoms with van der Waals surface area (Å²) in [7, 11) is -0.458. The monoisotopic (exact) mass is 724 g/mol. The smallest absolute Gasteiger partial charge is 0.813 e. The van der Waals surface area contributed by atoms with Crippen LogP contribution in [0.1, 0.15) is 111 Å². The van der Waals surface area contributed by atoms with Gasteiger partial charge < -0.3 is 26.1 Å². The van der Waals surface area contributed by atoms with Gasteiger partial charge in [-0.15, -0.1) is 0 Å². The number of thiol groups is 1. The largest absolute Gasteiger partial charge is 2.00 e. The predicted molar refractivity (Wildman–Crippen MR) is 196 cm³/mol. The molecule has 0 N–H and O–H groups in total. The molecule has 8 heteroatoms. The van der Waals surface area contributed by atoms with Crippen molar-refractivity contribution in [1.29, 1.82) is 0 Å². The van der Waals surface area contributed by atoms with Crippen LogP contribution in [0.2, 0.25) is 0 Å². The Bertz CT molecular complexity index is 338. The van der Waals surface area contributed by atoms with E-state index in [2.05, 4.69) is 123 Å². The molecular weight excluding hydrogens is 654 g/mol. The van der Waals surface area contributed by atoms with Gasteiger partial charge in [0.25, 0.3) is 0 Å². The molecule has 0 aliphatic carbocycles. The SMILES string of the molecule is CC(C)[PH+](CC[PH+](C(C)C)C(C)C)C(C)C.CC(C)[PH+](CC[PH+](C(C)C)C(C)C)C(C)C.C[S-].[Ni+2].[Ni].[SH-]. The summed E-state index contributed by atoms with van der Waals surface area (Å²) in [6, 6.07) is 0. The second kappa shape index (κ2) is 30.9. The maximum absolute atomic E-state index is 4.08. The van der Waals surface area contributed by atoms with Gasteiger partial charge in [-0.3, -0.25) is 0 Å². The van der Waals surface area contributed by atoms with E-state index >= 15 is 0 Å². The quantitative estimate of drug-likeness (QED) is 0.0757. The first-order chi connectivity index (χ1) is 15.5. The van der Waals surface area contributed by atoms with Crippen LogP contribution in [-0.2, 0) is 59.1 Å². The Kier molecular flexibility index (Phi) is 44.2. The van der Waals surface area contributed by atoms with Crippen molar-refractivity contribution in [2.75, 3.05) is 30.9 Å². The van der Waals surface area contributed by atoms with Crippen LogP contribution in [0.15, 0.2) is 0 Å². The fourth-order valence-corrected chi connectivity index (χ4v) is 20.1. The Morgan fingerprint density at radius 3 is 0.486 bits per heavy atom. The molecule has 0 fully saturated rings. The van der Waals surface area contributed by atoms with Gasteiger partial charge >= 0.3 is 16.5 Å². The van der Waals surface area contributed by atoms with Crippen LogP contribution in [0.25, 0.3) is 0 Å². The molecular formula is C29H72Ni2P4S2+4.